The number of hydrogen-bond donors (Lipinski definition) is 3. The molecule has 1 heterocycles. The number of anilines is 1. The van der Waals surface area contributed by atoms with Gasteiger partial charge in [-0.2, -0.15) is 0 Å². The Labute approximate surface area is 165 Å². The summed E-state index contributed by atoms with van der Waals surface area (Å²) in [5.74, 6) is 1.23. The second-order valence-electron chi connectivity index (χ2n) is 6.65. The number of benzene rings is 2. The topological polar surface area (TPSA) is 79.5 Å². The summed E-state index contributed by atoms with van der Waals surface area (Å²) in [6.07, 6.45) is 5.15. The van der Waals surface area contributed by atoms with Crippen LogP contribution in [-0.2, 0) is 4.79 Å². The molecule has 2 aromatic rings. The fourth-order valence-corrected chi connectivity index (χ4v) is 3.20. The molecule has 6 heteroatoms. The van der Waals surface area contributed by atoms with Crippen LogP contribution in [0.2, 0.25) is 0 Å². The third-order valence-corrected chi connectivity index (χ3v) is 4.55. The normalized spacial score (nSPS) is 17.2. The zero-order chi connectivity index (χ0) is 19.8. The zero-order valence-corrected chi connectivity index (χ0v) is 15.9. The van der Waals surface area contributed by atoms with Crippen LogP contribution < -0.4 is 20.7 Å². The largest absolute Gasteiger partial charge is 0.455 e. The van der Waals surface area contributed by atoms with Crippen molar-refractivity contribution in [3.8, 4) is 11.5 Å². The number of ether oxygens (including phenoxy) is 1. The molecule has 0 unspecified atom stereocenters. The molecule has 0 radical (unpaired) electrons. The summed E-state index contributed by atoms with van der Waals surface area (Å²) >= 11 is 0. The third-order valence-electron chi connectivity index (χ3n) is 4.55. The lowest BCUT2D eigenvalue weighted by Gasteiger charge is -2.19. The van der Waals surface area contributed by atoms with E-state index >= 15 is 0 Å². The Balaban J connectivity index is 1.64. The van der Waals surface area contributed by atoms with Crippen molar-refractivity contribution in [1.29, 1.82) is 0 Å². The molecule has 0 spiro atoms. The maximum atomic E-state index is 12.5. The highest BCUT2D eigenvalue weighted by Gasteiger charge is 2.27. The number of nitrogens with one attached hydrogen (secondary N) is 3. The van der Waals surface area contributed by atoms with Crippen molar-refractivity contribution in [2.45, 2.75) is 25.8 Å². The molecule has 1 aliphatic heterocycles. The van der Waals surface area contributed by atoms with Crippen LogP contribution in [0.3, 0.4) is 0 Å². The lowest BCUT2D eigenvalue weighted by atomic mass is 9.98. The fraction of sp³-hybridized carbons (Fsp3) is 0.273. The molecular weight excluding hydrogens is 354 g/mol. The van der Waals surface area contributed by atoms with Gasteiger partial charge in [-0.05, 0) is 44.0 Å². The predicted octanol–water partition coefficient (Wildman–Crippen LogP) is 4.07. The van der Waals surface area contributed by atoms with E-state index in [1.165, 1.54) is 0 Å². The molecule has 28 heavy (non-hydrogen) atoms. The molecule has 6 nitrogen and oxygen atoms in total. The van der Waals surface area contributed by atoms with E-state index in [1.807, 2.05) is 61.5 Å². The van der Waals surface area contributed by atoms with Gasteiger partial charge in [0, 0.05) is 18.5 Å². The maximum absolute atomic E-state index is 12.5. The Morgan fingerprint density at radius 2 is 1.96 bits per heavy atom. The molecule has 0 aliphatic carbocycles. The Kier molecular flexibility index (Phi) is 6.68. The first-order chi connectivity index (χ1) is 13.7. The summed E-state index contributed by atoms with van der Waals surface area (Å²) in [6.45, 7) is 2.59. The van der Waals surface area contributed by atoms with Crippen molar-refractivity contribution in [3.05, 3.63) is 66.7 Å². The van der Waals surface area contributed by atoms with Crippen molar-refractivity contribution in [1.82, 2.24) is 10.6 Å². The molecule has 2 aromatic carbocycles. The first kappa shape index (κ1) is 19.5. The van der Waals surface area contributed by atoms with Crippen molar-refractivity contribution in [2.75, 3.05) is 11.9 Å². The molecular formula is C22H25N3O3. The molecule has 0 bridgehead atoms. The predicted molar refractivity (Wildman–Crippen MR) is 109 cm³/mol. The lowest BCUT2D eigenvalue weighted by Crippen LogP contribution is -2.39. The quantitative estimate of drug-likeness (QED) is 0.635. The van der Waals surface area contributed by atoms with Crippen molar-refractivity contribution >= 4 is 17.6 Å². The van der Waals surface area contributed by atoms with E-state index in [2.05, 4.69) is 16.0 Å². The summed E-state index contributed by atoms with van der Waals surface area (Å²) in [6, 6.07) is 16.1. The van der Waals surface area contributed by atoms with E-state index < -0.39 is 0 Å². The van der Waals surface area contributed by atoms with Crippen LogP contribution in [0.15, 0.2) is 66.7 Å². The maximum Gasteiger partial charge on any atom is 0.319 e. The van der Waals surface area contributed by atoms with Gasteiger partial charge in [-0.25, -0.2) is 4.79 Å². The Morgan fingerprint density at radius 3 is 2.68 bits per heavy atom. The average molecular weight is 379 g/mol. The van der Waals surface area contributed by atoms with Crippen LogP contribution in [0, 0.1) is 5.92 Å². The van der Waals surface area contributed by atoms with Gasteiger partial charge in [0.2, 0.25) is 5.91 Å². The van der Waals surface area contributed by atoms with Crippen LogP contribution in [0.1, 0.15) is 19.8 Å². The second kappa shape index (κ2) is 9.60. The summed E-state index contributed by atoms with van der Waals surface area (Å²) in [5, 5.41) is 8.61. The number of carbonyl (C=O) groups is 2. The third kappa shape index (κ3) is 5.36. The molecule has 0 aromatic heterocycles. The van der Waals surface area contributed by atoms with Gasteiger partial charge in [0.1, 0.15) is 5.75 Å². The van der Waals surface area contributed by atoms with E-state index in [4.69, 9.17) is 4.74 Å². The van der Waals surface area contributed by atoms with Gasteiger partial charge < -0.3 is 20.7 Å². The molecule has 3 amide bonds. The number of allylic oxidation sites excluding steroid dienone is 1. The van der Waals surface area contributed by atoms with Gasteiger partial charge in [-0.1, -0.05) is 42.5 Å². The number of hydrogen-bond acceptors (Lipinski definition) is 3. The highest BCUT2D eigenvalue weighted by atomic mass is 16.5. The van der Waals surface area contributed by atoms with Gasteiger partial charge in [-0.15, -0.1) is 0 Å². The van der Waals surface area contributed by atoms with Crippen molar-refractivity contribution in [2.24, 2.45) is 5.92 Å². The number of amides is 3. The summed E-state index contributed by atoms with van der Waals surface area (Å²) in [7, 11) is 0. The minimum Gasteiger partial charge on any atom is -0.455 e. The average Bonchev–Trinajstić information content (AvgIpc) is 3.09. The van der Waals surface area contributed by atoms with E-state index in [1.54, 1.807) is 12.1 Å². The Morgan fingerprint density at radius 1 is 1.21 bits per heavy atom. The summed E-state index contributed by atoms with van der Waals surface area (Å²) in [4.78, 5) is 24.4. The molecule has 1 aliphatic rings. The van der Waals surface area contributed by atoms with Crippen molar-refractivity contribution < 1.29 is 14.3 Å². The van der Waals surface area contributed by atoms with E-state index in [0.29, 0.717) is 30.2 Å². The number of rotatable bonds is 7. The number of urea groups is 1. The molecule has 3 rings (SSSR count). The SMILES string of the molecule is C/C=C/[C@H](C[C@@H]1CCNC1=O)NC(=O)Nc1ccccc1Oc1ccccc1. The van der Waals surface area contributed by atoms with Gasteiger partial charge in [-0.3, -0.25) is 4.79 Å². The van der Waals surface area contributed by atoms with Gasteiger partial charge >= 0.3 is 6.03 Å². The highest BCUT2D eigenvalue weighted by Crippen LogP contribution is 2.29. The van der Waals surface area contributed by atoms with Crippen LogP contribution in [0.5, 0.6) is 11.5 Å². The Bertz CT molecular complexity index is 836. The Hall–Kier alpha value is -3.28. The molecule has 3 N–H and O–H groups in total. The van der Waals surface area contributed by atoms with E-state index in [9.17, 15) is 9.59 Å². The summed E-state index contributed by atoms with van der Waals surface area (Å²) in [5.41, 5.74) is 0.571. The molecule has 1 fully saturated rings. The first-order valence-electron chi connectivity index (χ1n) is 9.45. The van der Waals surface area contributed by atoms with Crippen molar-refractivity contribution in [3.63, 3.8) is 0 Å². The van der Waals surface area contributed by atoms with Crippen LogP contribution in [-0.4, -0.2) is 24.5 Å². The minimum absolute atomic E-state index is 0.0540. The number of carbonyl (C=O) groups excluding carboxylic acids is 2. The lowest BCUT2D eigenvalue weighted by molar-refractivity contribution is -0.122. The zero-order valence-electron chi connectivity index (χ0n) is 15.9. The second-order valence-corrected chi connectivity index (χ2v) is 6.65. The molecule has 1 saturated heterocycles. The molecule has 2 atom stereocenters. The molecule has 0 saturated carbocycles. The first-order valence-corrected chi connectivity index (χ1v) is 9.45. The smallest absolute Gasteiger partial charge is 0.319 e. The fourth-order valence-electron chi connectivity index (χ4n) is 3.20. The minimum atomic E-state index is -0.342. The van der Waals surface area contributed by atoms with E-state index in [0.717, 1.165) is 6.42 Å². The van der Waals surface area contributed by atoms with Crippen LogP contribution in [0.4, 0.5) is 10.5 Å². The standard InChI is InChI=1S/C22H25N3O3/c1-2-8-17(15-16-13-14-23-21(16)26)24-22(27)25-19-11-6-7-12-20(19)28-18-9-4-3-5-10-18/h2-12,16-17H,13-15H2,1H3,(H,23,26)(H2,24,25,27)/b8-2+/t16-,17+/m0/s1. The van der Waals surface area contributed by atoms with Gasteiger partial charge in [0.25, 0.3) is 0 Å². The van der Waals surface area contributed by atoms with Crippen LogP contribution in [0.25, 0.3) is 0 Å². The highest BCUT2D eigenvalue weighted by molar-refractivity contribution is 5.91. The van der Waals surface area contributed by atoms with Gasteiger partial charge in [0.15, 0.2) is 5.75 Å². The monoisotopic (exact) mass is 379 g/mol. The molecule has 146 valence electrons. The van der Waals surface area contributed by atoms with E-state index in [-0.39, 0.29) is 23.9 Å². The number of para-hydroxylation sites is 3. The van der Waals surface area contributed by atoms with Gasteiger partial charge in [0.05, 0.1) is 5.69 Å². The summed E-state index contributed by atoms with van der Waals surface area (Å²) < 4.78 is 5.88. The van der Waals surface area contributed by atoms with Crippen LogP contribution >= 0.6 is 0 Å².